The molecule has 0 saturated heterocycles. The summed E-state index contributed by atoms with van der Waals surface area (Å²) >= 11 is 0. The molecule has 0 unspecified atom stereocenters. The number of hydrogen-bond donors (Lipinski definition) is 1. The molecule has 3 aromatic rings. The molecule has 21 heavy (non-hydrogen) atoms. The number of fused-ring (bicyclic) bond motifs is 1. The van der Waals surface area contributed by atoms with Crippen molar-refractivity contribution >= 4 is 16.8 Å². The molecule has 5 nitrogen and oxygen atoms in total. The summed E-state index contributed by atoms with van der Waals surface area (Å²) in [4.78, 5) is 16.4. The lowest BCUT2D eigenvalue weighted by Gasteiger charge is -2.04. The summed E-state index contributed by atoms with van der Waals surface area (Å²) in [5.41, 5.74) is 2.67. The fourth-order valence-corrected chi connectivity index (χ4v) is 2.20. The van der Waals surface area contributed by atoms with Gasteiger partial charge in [0, 0.05) is 30.7 Å². The number of benzene rings is 1. The SMILES string of the molecule is Cn1cc(CNC(=O)Cc2ccc3ccccc3n2)cn1. The van der Waals surface area contributed by atoms with E-state index >= 15 is 0 Å². The molecular formula is C16H16N4O. The van der Waals surface area contributed by atoms with E-state index in [9.17, 15) is 4.79 Å². The van der Waals surface area contributed by atoms with E-state index in [-0.39, 0.29) is 12.3 Å². The maximum absolute atomic E-state index is 12.0. The summed E-state index contributed by atoms with van der Waals surface area (Å²) in [7, 11) is 1.85. The molecule has 0 bridgehead atoms. The van der Waals surface area contributed by atoms with Gasteiger partial charge in [0.25, 0.3) is 0 Å². The molecule has 0 aliphatic heterocycles. The van der Waals surface area contributed by atoms with Crippen LogP contribution in [0, 0.1) is 0 Å². The van der Waals surface area contributed by atoms with Gasteiger partial charge in [0.2, 0.25) is 5.91 Å². The molecule has 106 valence electrons. The number of nitrogens with one attached hydrogen (secondary N) is 1. The first-order chi connectivity index (χ1) is 10.2. The van der Waals surface area contributed by atoms with Crippen molar-refractivity contribution in [1.29, 1.82) is 0 Å². The van der Waals surface area contributed by atoms with E-state index in [0.717, 1.165) is 22.2 Å². The van der Waals surface area contributed by atoms with Crippen LogP contribution in [0.4, 0.5) is 0 Å². The van der Waals surface area contributed by atoms with Gasteiger partial charge >= 0.3 is 0 Å². The second kappa shape index (κ2) is 5.75. The second-order valence-electron chi connectivity index (χ2n) is 4.97. The number of pyridine rings is 1. The Kier molecular flexibility index (Phi) is 3.64. The first-order valence-corrected chi connectivity index (χ1v) is 6.79. The smallest absolute Gasteiger partial charge is 0.226 e. The first-order valence-electron chi connectivity index (χ1n) is 6.79. The van der Waals surface area contributed by atoms with Crippen LogP contribution in [0.1, 0.15) is 11.3 Å². The van der Waals surface area contributed by atoms with Gasteiger partial charge in [-0.2, -0.15) is 5.10 Å². The van der Waals surface area contributed by atoms with Gasteiger partial charge in [-0.15, -0.1) is 0 Å². The first kappa shape index (κ1) is 13.3. The van der Waals surface area contributed by atoms with Gasteiger partial charge in [-0.25, -0.2) is 0 Å². The fraction of sp³-hybridized carbons (Fsp3) is 0.188. The van der Waals surface area contributed by atoms with Gasteiger partial charge in [0.1, 0.15) is 0 Å². The van der Waals surface area contributed by atoms with Gasteiger partial charge in [-0.1, -0.05) is 24.3 Å². The monoisotopic (exact) mass is 280 g/mol. The Labute approximate surface area is 122 Å². The lowest BCUT2D eigenvalue weighted by molar-refractivity contribution is -0.120. The van der Waals surface area contributed by atoms with Crippen molar-refractivity contribution in [3.8, 4) is 0 Å². The lowest BCUT2D eigenvalue weighted by atomic mass is 10.2. The third-order valence-electron chi connectivity index (χ3n) is 3.25. The maximum atomic E-state index is 12.0. The van der Waals surface area contributed by atoms with Crippen molar-refractivity contribution in [2.45, 2.75) is 13.0 Å². The Hall–Kier alpha value is -2.69. The summed E-state index contributed by atoms with van der Waals surface area (Å²) in [6, 6.07) is 11.8. The van der Waals surface area contributed by atoms with E-state index in [4.69, 9.17) is 0 Å². The molecule has 1 amide bonds. The Morgan fingerprint density at radius 1 is 1.24 bits per heavy atom. The Balaban J connectivity index is 1.63. The number of aryl methyl sites for hydroxylation is 1. The van der Waals surface area contributed by atoms with Crippen molar-refractivity contribution < 1.29 is 4.79 Å². The van der Waals surface area contributed by atoms with Crippen LogP contribution in [0.2, 0.25) is 0 Å². The van der Waals surface area contributed by atoms with Crippen molar-refractivity contribution in [2.24, 2.45) is 7.05 Å². The van der Waals surface area contributed by atoms with Crippen LogP contribution < -0.4 is 5.32 Å². The zero-order chi connectivity index (χ0) is 14.7. The molecule has 0 aliphatic carbocycles. The van der Waals surface area contributed by atoms with Gasteiger partial charge in [-0.05, 0) is 12.1 Å². The molecule has 0 atom stereocenters. The predicted octanol–water partition coefficient (Wildman–Crippen LogP) is 1.83. The molecule has 0 radical (unpaired) electrons. The average molecular weight is 280 g/mol. The number of amides is 1. The minimum Gasteiger partial charge on any atom is -0.352 e. The fourth-order valence-electron chi connectivity index (χ4n) is 2.20. The zero-order valence-corrected chi connectivity index (χ0v) is 11.8. The molecule has 1 N–H and O–H groups in total. The van der Waals surface area contributed by atoms with Crippen LogP contribution in [-0.2, 0) is 24.8 Å². The highest BCUT2D eigenvalue weighted by Crippen LogP contribution is 2.12. The number of para-hydroxylation sites is 1. The highest BCUT2D eigenvalue weighted by molar-refractivity contribution is 5.81. The summed E-state index contributed by atoms with van der Waals surface area (Å²) in [5.74, 6) is -0.0402. The van der Waals surface area contributed by atoms with Crippen molar-refractivity contribution in [1.82, 2.24) is 20.1 Å². The predicted molar refractivity (Wildman–Crippen MR) is 80.5 cm³/mol. The maximum Gasteiger partial charge on any atom is 0.226 e. The molecule has 0 saturated carbocycles. The number of carbonyl (C=O) groups is 1. The van der Waals surface area contributed by atoms with Crippen molar-refractivity contribution in [2.75, 3.05) is 0 Å². The van der Waals surface area contributed by atoms with Gasteiger partial charge in [0.15, 0.2) is 0 Å². The van der Waals surface area contributed by atoms with Crippen LogP contribution in [0.3, 0.4) is 0 Å². The second-order valence-corrected chi connectivity index (χ2v) is 4.97. The quantitative estimate of drug-likeness (QED) is 0.793. The number of aromatic nitrogens is 3. The van der Waals surface area contributed by atoms with Crippen molar-refractivity contribution in [3.05, 3.63) is 60.0 Å². The molecule has 0 spiro atoms. The van der Waals surface area contributed by atoms with E-state index in [1.54, 1.807) is 10.9 Å². The topological polar surface area (TPSA) is 59.8 Å². The summed E-state index contributed by atoms with van der Waals surface area (Å²) in [5, 5.41) is 8.02. The van der Waals surface area contributed by atoms with Crippen LogP contribution in [0.25, 0.3) is 10.9 Å². The zero-order valence-electron chi connectivity index (χ0n) is 11.8. The van der Waals surface area contributed by atoms with E-state index in [1.807, 2.05) is 49.6 Å². The largest absolute Gasteiger partial charge is 0.352 e. The summed E-state index contributed by atoms with van der Waals surface area (Å²) in [6.45, 7) is 0.486. The highest BCUT2D eigenvalue weighted by Gasteiger charge is 2.06. The third-order valence-corrected chi connectivity index (χ3v) is 3.25. The van der Waals surface area contributed by atoms with Gasteiger partial charge < -0.3 is 5.32 Å². The number of hydrogen-bond acceptors (Lipinski definition) is 3. The minimum absolute atomic E-state index is 0.0402. The molecule has 1 aromatic carbocycles. The highest BCUT2D eigenvalue weighted by atomic mass is 16.1. The lowest BCUT2D eigenvalue weighted by Crippen LogP contribution is -2.24. The van der Waals surface area contributed by atoms with Crippen LogP contribution in [-0.4, -0.2) is 20.7 Å². The van der Waals surface area contributed by atoms with E-state index in [0.29, 0.717) is 6.54 Å². The third kappa shape index (κ3) is 3.25. The Morgan fingerprint density at radius 3 is 2.90 bits per heavy atom. The van der Waals surface area contributed by atoms with Crippen LogP contribution in [0.15, 0.2) is 48.8 Å². The molecule has 2 aromatic heterocycles. The number of nitrogens with zero attached hydrogens (tertiary/aromatic N) is 3. The molecule has 2 heterocycles. The van der Waals surface area contributed by atoms with Gasteiger partial charge in [0.05, 0.1) is 23.8 Å². The average Bonchev–Trinajstić information content (AvgIpc) is 2.91. The molecular weight excluding hydrogens is 264 g/mol. The molecule has 0 fully saturated rings. The molecule has 3 rings (SSSR count). The van der Waals surface area contributed by atoms with Gasteiger partial charge in [-0.3, -0.25) is 14.5 Å². The normalized spacial score (nSPS) is 10.7. The summed E-state index contributed by atoms with van der Waals surface area (Å²) in [6.07, 6.45) is 3.91. The standard InChI is InChI=1S/C16H16N4O/c1-20-11-12(10-18-20)9-17-16(21)8-14-7-6-13-4-2-3-5-15(13)19-14/h2-7,10-11H,8-9H2,1H3,(H,17,21). The molecule has 5 heteroatoms. The number of carbonyl (C=O) groups excluding carboxylic acids is 1. The minimum atomic E-state index is -0.0402. The van der Waals surface area contributed by atoms with E-state index in [1.165, 1.54) is 0 Å². The van der Waals surface area contributed by atoms with Crippen LogP contribution in [0.5, 0.6) is 0 Å². The molecule has 0 aliphatic rings. The van der Waals surface area contributed by atoms with Crippen LogP contribution >= 0.6 is 0 Å². The van der Waals surface area contributed by atoms with Crippen molar-refractivity contribution in [3.63, 3.8) is 0 Å². The Bertz CT molecular complexity index is 779. The van der Waals surface area contributed by atoms with E-state index < -0.39 is 0 Å². The van der Waals surface area contributed by atoms with E-state index in [2.05, 4.69) is 15.4 Å². The number of rotatable bonds is 4. The Morgan fingerprint density at radius 2 is 2.10 bits per heavy atom. The summed E-state index contributed by atoms with van der Waals surface area (Å²) < 4.78 is 1.71.